The van der Waals surface area contributed by atoms with Crippen molar-refractivity contribution in [2.75, 3.05) is 25.2 Å². The molecule has 0 unspecified atom stereocenters. The number of carbonyl (C=O) groups excluding carboxylic acids is 2. The van der Waals surface area contributed by atoms with Crippen LogP contribution < -0.4 is 9.47 Å². The second kappa shape index (κ2) is 19.1. The fourth-order valence-electron chi connectivity index (χ4n) is 6.55. The van der Waals surface area contributed by atoms with Crippen molar-refractivity contribution < 1.29 is 33.6 Å². The van der Waals surface area contributed by atoms with Crippen molar-refractivity contribution in [1.29, 1.82) is 0 Å². The Labute approximate surface area is 323 Å². The van der Waals surface area contributed by atoms with Crippen LogP contribution in [0.5, 0.6) is 11.5 Å². The fourth-order valence-corrected chi connectivity index (χ4v) is 8.21. The highest BCUT2D eigenvalue weighted by atomic mass is 79.9. The lowest BCUT2D eigenvalue weighted by atomic mass is 9.89. The Morgan fingerprint density at radius 2 is 1.10 bits per heavy atom. The zero-order valence-corrected chi connectivity index (χ0v) is 37.5. The summed E-state index contributed by atoms with van der Waals surface area (Å²) in [7, 11) is -2.44. The first-order valence-corrected chi connectivity index (χ1v) is 27.3. The summed E-state index contributed by atoms with van der Waals surface area (Å²) < 4.78 is 23.2. The first-order chi connectivity index (χ1) is 24.4. The highest BCUT2D eigenvalue weighted by Crippen LogP contribution is 2.41. The number of ether oxygens (including phenoxy) is 4. The van der Waals surface area contributed by atoms with Gasteiger partial charge < -0.3 is 24.1 Å². The van der Waals surface area contributed by atoms with E-state index in [-0.39, 0.29) is 18.5 Å². The maximum absolute atomic E-state index is 12.4. The lowest BCUT2D eigenvalue weighted by Crippen LogP contribution is -2.23. The van der Waals surface area contributed by atoms with E-state index in [2.05, 4.69) is 95.9 Å². The zero-order chi connectivity index (χ0) is 39.0. The van der Waals surface area contributed by atoms with E-state index >= 15 is 0 Å². The van der Waals surface area contributed by atoms with Crippen LogP contribution in [0.2, 0.25) is 51.4 Å². The van der Waals surface area contributed by atoms with Crippen molar-refractivity contribution in [3.05, 3.63) is 78.9 Å². The van der Waals surface area contributed by atoms with Crippen LogP contribution in [0, 0.1) is 13.8 Å². The number of aliphatic hydroxyl groups is 1. The van der Waals surface area contributed by atoms with Crippen LogP contribution in [0.4, 0.5) is 0 Å². The van der Waals surface area contributed by atoms with Crippen LogP contribution in [0.1, 0.15) is 92.9 Å². The van der Waals surface area contributed by atoms with Crippen molar-refractivity contribution >= 4 is 44.0 Å². The molecule has 288 valence electrons. The third kappa shape index (κ3) is 11.2. The number of hydrogen-bond donors (Lipinski definition) is 1. The summed E-state index contributed by atoms with van der Waals surface area (Å²) in [6, 6.07) is 2.11. The molecule has 0 saturated carbocycles. The number of allylic oxidation sites excluding steroid dienone is 3. The average Bonchev–Trinajstić information content (AvgIpc) is 3.66. The Balaban J connectivity index is 0.000000280. The van der Waals surface area contributed by atoms with Crippen LogP contribution in [0.3, 0.4) is 0 Å². The van der Waals surface area contributed by atoms with Gasteiger partial charge in [-0.05, 0) is 87.7 Å². The first kappa shape index (κ1) is 43.7. The molecule has 2 aromatic carbocycles. The second-order valence-electron chi connectivity index (χ2n) is 16.5. The lowest BCUT2D eigenvalue weighted by Gasteiger charge is -2.22. The van der Waals surface area contributed by atoms with Gasteiger partial charge >= 0.3 is 11.9 Å². The quantitative estimate of drug-likeness (QED) is 0.0781. The monoisotopic (exact) mass is 814 g/mol. The van der Waals surface area contributed by atoms with Gasteiger partial charge in [0, 0.05) is 43.7 Å². The molecule has 0 spiro atoms. The molecular formula is C42H63BrO7Si2. The van der Waals surface area contributed by atoms with E-state index in [9.17, 15) is 14.7 Å². The largest absolute Gasteiger partial charge is 0.493 e. The van der Waals surface area contributed by atoms with E-state index in [0.717, 1.165) is 75.8 Å². The number of fused-ring (bicyclic) bond motifs is 2. The molecule has 0 radical (unpaired) electrons. The predicted molar refractivity (Wildman–Crippen MR) is 222 cm³/mol. The van der Waals surface area contributed by atoms with Crippen molar-refractivity contribution in [3.8, 4) is 11.5 Å². The summed E-state index contributed by atoms with van der Waals surface area (Å²) in [6.07, 6.45) is 7.48. The summed E-state index contributed by atoms with van der Waals surface area (Å²) in [5.41, 5.74) is 12.5. The molecule has 0 saturated heterocycles. The van der Waals surface area contributed by atoms with Gasteiger partial charge in [-0.15, -0.1) is 0 Å². The van der Waals surface area contributed by atoms with Gasteiger partial charge in [-0.25, -0.2) is 9.59 Å². The van der Waals surface area contributed by atoms with Crippen molar-refractivity contribution in [2.45, 2.75) is 132 Å². The van der Waals surface area contributed by atoms with E-state index in [1.165, 1.54) is 22.3 Å². The van der Waals surface area contributed by atoms with Crippen LogP contribution in [0.15, 0.2) is 23.3 Å². The van der Waals surface area contributed by atoms with Crippen LogP contribution in [-0.2, 0) is 48.4 Å². The van der Waals surface area contributed by atoms with E-state index in [1.807, 2.05) is 13.0 Å². The number of rotatable bonds is 16. The van der Waals surface area contributed by atoms with Gasteiger partial charge in [0.25, 0.3) is 0 Å². The molecule has 2 aromatic rings. The molecule has 4 rings (SSSR count). The first-order valence-electron chi connectivity index (χ1n) is 18.8. The Bertz CT molecular complexity index is 1560. The molecule has 0 aliphatic carbocycles. The van der Waals surface area contributed by atoms with E-state index in [1.54, 1.807) is 0 Å². The Morgan fingerprint density at radius 1 is 0.712 bits per heavy atom. The highest BCUT2D eigenvalue weighted by Gasteiger charge is 2.33. The number of carbonyl (C=O) groups is 2. The Morgan fingerprint density at radius 3 is 1.42 bits per heavy atom. The molecule has 1 N–H and O–H groups in total. The van der Waals surface area contributed by atoms with E-state index in [4.69, 9.17) is 18.9 Å². The number of alkyl halides is 1. The van der Waals surface area contributed by atoms with Crippen LogP contribution in [0.25, 0.3) is 0 Å². The SMILES string of the molecule is CCc1c(C)c2c(c(OCC[Si](C)(C)C)c1CC=C(C)CBr)C(=O)OC2.CCc1c(C)c2c(c(OCC[Si](C)(C)C)c1CC=C(C)CO)C(=O)OC2. The number of esters is 2. The van der Waals surface area contributed by atoms with Crippen molar-refractivity contribution in [1.82, 2.24) is 0 Å². The smallest absolute Gasteiger partial charge is 0.342 e. The normalized spacial score (nSPS) is 14.4. The van der Waals surface area contributed by atoms with Crippen molar-refractivity contribution in [2.24, 2.45) is 0 Å². The second-order valence-corrected chi connectivity index (χ2v) is 28.3. The molecule has 0 bridgehead atoms. The molecule has 0 aromatic heterocycles. The molecule has 52 heavy (non-hydrogen) atoms. The third-order valence-electron chi connectivity index (χ3n) is 9.92. The molecule has 10 heteroatoms. The van der Waals surface area contributed by atoms with Crippen LogP contribution in [-0.4, -0.2) is 58.3 Å². The topological polar surface area (TPSA) is 91.3 Å². The Hall–Kier alpha value is -2.67. The van der Waals surface area contributed by atoms with Crippen molar-refractivity contribution in [3.63, 3.8) is 0 Å². The standard InChI is InChI=1S/C21H31BrO3Si.C21H32O4Si/c2*1-7-16-15(3)18-13-25-21(23)19(18)20(24-10-11-26(4,5)6)17(16)9-8-14(2)12-22/h8H,7,9-13H2,1-6H3;8,22H,7,9-13H2,1-6H3. The maximum atomic E-state index is 12.4. The summed E-state index contributed by atoms with van der Waals surface area (Å²) in [5, 5.41) is 10.2. The van der Waals surface area contributed by atoms with Gasteiger partial charge in [-0.1, -0.05) is 92.4 Å². The lowest BCUT2D eigenvalue weighted by molar-refractivity contribution is 0.0523. The number of benzene rings is 2. The summed E-state index contributed by atoms with van der Waals surface area (Å²) >= 11 is 3.51. The summed E-state index contributed by atoms with van der Waals surface area (Å²) in [5.74, 6) is 0.945. The van der Waals surface area contributed by atoms with E-state index in [0.29, 0.717) is 49.7 Å². The number of cyclic esters (lactones) is 2. The molecule has 2 heterocycles. The third-order valence-corrected chi connectivity index (χ3v) is 14.2. The van der Waals surface area contributed by atoms with Gasteiger partial charge in [-0.3, -0.25) is 0 Å². The number of aliphatic hydroxyl groups excluding tert-OH is 1. The van der Waals surface area contributed by atoms with Crippen LogP contribution >= 0.6 is 15.9 Å². The van der Waals surface area contributed by atoms with Gasteiger partial charge in [0.2, 0.25) is 0 Å². The van der Waals surface area contributed by atoms with Gasteiger partial charge in [0.15, 0.2) is 0 Å². The Kier molecular flexibility index (Phi) is 16.0. The van der Waals surface area contributed by atoms with Gasteiger partial charge in [-0.2, -0.15) is 0 Å². The fraction of sp³-hybridized carbons (Fsp3) is 0.571. The minimum Gasteiger partial charge on any atom is -0.493 e. The minimum atomic E-state index is -1.23. The number of halogens is 1. The maximum Gasteiger partial charge on any atom is 0.342 e. The zero-order valence-electron chi connectivity index (χ0n) is 33.9. The van der Waals surface area contributed by atoms with Gasteiger partial charge in [0.05, 0.1) is 19.8 Å². The van der Waals surface area contributed by atoms with E-state index < -0.39 is 16.1 Å². The molecule has 0 atom stereocenters. The molecule has 2 aliphatic rings. The summed E-state index contributed by atoms with van der Waals surface area (Å²) in [4.78, 5) is 24.8. The molecule has 0 amide bonds. The van der Waals surface area contributed by atoms with Gasteiger partial charge in [0.1, 0.15) is 35.8 Å². The molecule has 7 nitrogen and oxygen atoms in total. The molecular weight excluding hydrogens is 753 g/mol. The predicted octanol–water partition coefficient (Wildman–Crippen LogP) is 10.3. The molecule has 2 aliphatic heterocycles. The minimum absolute atomic E-state index is 0.0409. The molecule has 0 fully saturated rings. The summed E-state index contributed by atoms with van der Waals surface area (Å²) in [6.45, 7) is 28.5. The average molecular weight is 816 g/mol. The number of hydrogen-bond acceptors (Lipinski definition) is 7. The highest BCUT2D eigenvalue weighted by molar-refractivity contribution is 9.09.